The number of unbranched alkanes of at least 4 members (excludes halogenated alkanes) is 1. The van der Waals surface area contributed by atoms with Crippen molar-refractivity contribution in [2.45, 2.75) is 25.8 Å². The molecule has 0 spiro atoms. The molecule has 5 nitrogen and oxygen atoms in total. The Balaban J connectivity index is 2.65. The van der Waals surface area contributed by atoms with E-state index in [1.165, 1.54) is 4.90 Å². The van der Waals surface area contributed by atoms with E-state index in [2.05, 4.69) is 15.9 Å². The third kappa shape index (κ3) is 6.16. The van der Waals surface area contributed by atoms with E-state index in [1.54, 1.807) is 0 Å². The van der Waals surface area contributed by atoms with Gasteiger partial charge in [-0.25, -0.2) is 0 Å². The van der Waals surface area contributed by atoms with Crippen molar-refractivity contribution >= 4 is 27.7 Å². The van der Waals surface area contributed by atoms with Crippen LogP contribution in [0.25, 0.3) is 0 Å². The van der Waals surface area contributed by atoms with Gasteiger partial charge in [-0.15, -0.1) is 0 Å². The van der Waals surface area contributed by atoms with Gasteiger partial charge in [0.15, 0.2) is 0 Å². The molecule has 0 radical (unpaired) electrons. The van der Waals surface area contributed by atoms with Crippen LogP contribution in [0, 0.1) is 0 Å². The van der Waals surface area contributed by atoms with E-state index in [1.807, 2.05) is 24.3 Å². The second kappa shape index (κ2) is 8.71. The van der Waals surface area contributed by atoms with Gasteiger partial charge in [0.2, 0.25) is 11.8 Å². The summed E-state index contributed by atoms with van der Waals surface area (Å²) in [5.41, 5.74) is 6.12. The fourth-order valence-corrected chi connectivity index (χ4v) is 2.04. The van der Waals surface area contributed by atoms with Gasteiger partial charge in [-0.2, -0.15) is 0 Å². The number of amides is 2. The van der Waals surface area contributed by atoms with Crippen molar-refractivity contribution in [3.8, 4) is 0 Å². The van der Waals surface area contributed by atoms with Crippen molar-refractivity contribution in [2.75, 3.05) is 13.2 Å². The summed E-state index contributed by atoms with van der Waals surface area (Å²) in [6, 6.07) is 7.54. The fourth-order valence-electron chi connectivity index (χ4n) is 1.78. The van der Waals surface area contributed by atoms with E-state index < -0.39 is 5.91 Å². The first-order chi connectivity index (χ1) is 9.52. The van der Waals surface area contributed by atoms with Crippen LogP contribution in [0.5, 0.6) is 0 Å². The molecule has 0 aliphatic carbocycles. The molecule has 1 aromatic rings. The summed E-state index contributed by atoms with van der Waals surface area (Å²) in [4.78, 5) is 24.6. The number of nitrogens with two attached hydrogens (primary N) is 1. The summed E-state index contributed by atoms with van der Waals surface area (Å²) < 4.78 is 0.956. The van der Waals surface area contributed by atoms with Crippen LogP contribution in [0.2, 0.25) is 0 Å². The van der Waals surface area contributed by atoms with Crippen LogP contribution in [-0.2, 0) is 16.1 Å². The molecule has 0 heterocycles. The molecule has 3 N–H and O–H groups in total. The normalized spacial score (nSPS) is 10.3. The van der Waals surface area contributed by atoms with Crippen LogP contribution in [0.1, 0.15) is 24.8 Å². The predicted octanol–water partition coefficient (Wildman–Crippen LogP) is 1.43. The van der Waals surface area contributed by atoms with Crippen LogP contribution in [-0.4, -0.2) is 35.0 Å². The molecule has 0 fully saturated rings. The molecule has 20 heavy (non-hydrogen) atoms. The molecule has 1 aromatic carbocycles. The second-order valence-corrected chi connectivity index (χ2v) is 5.44. The third-order valence-electron chi connectivity index (χ3n) is 2.78. The highest BCUT2D eigenvalue weighted by Gasteiger charge is 2.15. The highest BCUT2D eigenvalue weighted by molar-refractivity contribution is 9.10. The first-order valence-corrected chi connectivity index (χ1v) is 7.23. The van der Waals surface area contributed by atoms with Gasteiger partial charge in [0.05, 0.1) is 6.54 Å². The Morgan fingerprint density at radius 3 is 2.40 bits per heavy atom. The summed E-state index contributed by atoms with van der Waals surface area (Å²) in [5, 5.41) is 8.72. The minimum absolute atomic E-state index is 0.0653. The van der Waals surface area contributed by atoms with E-state index in [-0.39, 0.29) is 19.1 Å². The molecular formula is C14H19BrN2O3. The SMILES string of the molecule is NC(=O)CN(Cc1ccc(Br)cc1)C(=O)CCCCO. The molecule has 0 aliphatic rings. The number of carbonyl (C=O) groups is 2. The summed E-state index contributed by atoms with van der Waals surface area (Å²) in [7, 11) is 0. The Labute approximate surface area is 126 Å². The minimum atomic E-state index is -0.530. The lowest BCUT2D eigenvalue weighted by molar-refractivity contribution is -0.135. The largest absolute Gasteiger partial charge is 0.396 e. The van der Waals surface area contributed by atoms with Crippen molar-refractivity contribution < 1.29 is 14.7 Å². The number of halogens is 1. The molecule has 110 valence electrons. The van der Waals surface area contributed by atoms with Crippen molar-refractivity contribution in [3.63, 3.8) is 0 Å². The average molecular weight is 343 g/mol. The quantitative estimate of drug-likeness (QED) is 0.701. The van der Waals surface area contributed by atoms with Gasteiger partial charge < -0.3 is 15.7 Å². The zero-order valence-corrected chi connectivity index (χ0v) is 12.8. The number of aliphatic hydroxyl groups excluding tert-OH is 1. The highest BCUT2D eigenvalue weighted by Crippen LogP contribution is 2.13. The van der Waals surface area contributed by atoms with E-state index >= 15 is 0 Å². The maximum Gasteiger partial charge on any atom is 0.237 e. The van der Waals surface area contributed by atoms with Gasteiger partial charge in [0.1, 0.15) is 0 Å². The van der Waals surface area contributed by atoms with Crippen molar-refractivity contribution in [1.29, 1.82) is 0 Å². The van der Waals surface area contributed by atoms with Gasteiger partial charge in [0, 0.05) is 24.0 Å². The Morgan fingerprint density at radius 1 is 1.20 bits per heavy atom. The summed E-state index contributed by atoms with van der Waals surface area (Å²) >= 11 is 3.34. The first-order valence-electron chi connectivity index (χ1n) is 6.44. The smallest absolute Gasteiger partial charge is 0.237 e. The maximum absolute atomic E-state index is 12.1. The molecular weight excluding hydrogens is 324 g/mol. The Morgan fingerprint density at radius 2 is 1.85 bits per heavy atom. The average Bonchev–Trinajstić information content (AvgIpc) is 2.40. The van der Waals surface area contributed by atoms with Gasteiger partial charge in [-0.05, 0) is 30.5 Å². The second-order valence-electron chi connectivity index (χ2n) is 4.52. The zero-order valence-electron chi connectivity index (χ0n) is 11.2. The van der Waals surface area contributed by atoms with E-state index in [4.69, 9.17) is 10.8 Å². The minimum Gasteiger partial charge on any atom is -0.396 e. The van der Waals surface area contributed by atoms with E-state index in [0.717, 1.165) is 10.0 Å². The van der Waals surface area contributed by atoms with E-state index in [0.29, 0.717) is 25.8 Å². The van der Waals surface area contributed by atoms with Crippen LogP contribution in [0.15, 0.2) is 28.7 Å². The number of hydrogen-bond acceptors (Lipinski definition) is 3. The summed E-state index contributed by atoms with van der Waals surface area (Å²) in [6.45, 7) is 0.331. The van der Waals surface area contributed by atoms with Crippen LogP contribution in [0.3, 0.4) is 0 Å². The third-order valence-corrected chi connectivity index (χ3v) is 3.31. The Bertz CT molecular complexity index is 448. The lowest BCUT2D eigenvalue weighted by Crippen LogP contribution is -2.37. The summed E-state index contributed by atoms with van der Waals surface area (Å²) in [6.07, 6.45) is 1.49. The molecule has 6 heteroatoms. The lowest BCUT2D eigenvalue weighted by atomic mass is 10.2. The lowest BCUT2D eigenvalue weighted by Gasteiger charge is -2.21. The molecule has 2 amide bonds. The first kappa shape index (κ1) is 16.7. The molecule has 0 aromatic heterocycles. The standard InChI is InChI=1S/C14H19BrN2O3/c15-12-6-4-11(5-7-12)9-17(10-13(16)19)14(20)3-1-2-8-18/h4-7,18H,1-3,8-10H2,(H2,16,19). The zero-order chi connectivity index (χ0) is 15.0. The molecule has 0 unspecified atom stereocenters. The summed E-state index contributed by atoms with van der Waals surface area (Å²) in [5.74, 6) is -0.655. The van der Waals surface area contributed by atoms with Crippen LogP contribution < -0.4 is 5.73 Å². The number of carbonyl (C=O) groups excluding carboxylic acids is 2. The van der Waals surface area contributed by atoms with Crippen molar-refractivity contribution in [3.05, 3.63) is 34.3 Å². The van der Waals surface area contributed by atoms with Gasteiger partial charge in [-0.3, -0.25) is 9.59 Å². The number of aliphatic hydroxyl groups is 1. The number of benzene rings is 1. The van der Waals surface area contributed by atoms with Crippen molar-refractivity contribution in [2.24, 2.45) is 5.73 Å². The molecule has 0 saturated carbocycles. The number of nitrogens with zero attached hydrogens (tertiary/aromatic N) is 1. The highest BCUT2D eigenvalue weighted by atomic mass is 79.9. The molecule has 0 aliphatic heterocycles. The molecule has 0 bridgehead atoms. The van der Waals surface area contributed by atoms with Crippen LogP contribution >= 0.6 is 15.9 Å². The maximum atomic E-state index is 12.1. The molecule has 0 atom stereocenters. The molecule has 1 rings (SSSR count). The van der Waals surface area contributed by atoms with Gasteiger partial charge in [-0.1, -0.05) is 28.1 Å². The van der Waals surface area contributed by atoms with Gasteiger partial charge in [0.25, 0.3) is 0 Å². The number of rotatable bonds is 8. The Hall–Kier alpha value is -1.40. The predicted molar refractivity (Wildman–Crippen MR) is 79.7 cm³/mol. The monoisotopic (exact) mass is 342 g/mol. The van der Waals surface area contributed by atoms with E-state index in [9.17, 15) is 9.59 Å². The van der Waals surface area contributed by atoms with Gasteiger partial charge >= 0.3 is 0 Å². The number of primary amides is 1. The van der Waals surface area contributed by atoms with Crippen molar-refractivity contribution in [1.82, 2.24) is 4.90 Å². The number of hydrogen-bond donors (Lipinski definition) is 2. The van der Waals surface area contributed by atoms with Crippen LogP contribution in [0.4, 0.5) is 0 Å². The molecule has 0 saturated heterocycles. The topological polar surface area (TPSA) is 83.6 Å². The fraction of sp³-hybridized carbons (Fsp3) is 0.429. The Kier molecular flexibility index (Phi) is 7.25.